The smallest absolute Gasteiger partial charge is 0.323 e. The van der Waals surface area contributed by atoms with Crippen LogP contribution in [0, 0.1) is 0 Å². The van der Waals surface area contributed by atoms with Gasteiger partial charge in [0.2, 0.25) is 0 Å². The van der Waals surface area contributed by atoms with Crippen LogP contribution in [-0.2, 0) is 10.3 Å². The van der Waals surface area contributed by atoms with Gasteiger partial charge in [0.1, 0.15) is 6.54 Å². The van der Waals surface area contributed by atoms with E-state index in [1.54, 1.807) is 0 Å². The molecule has 0 aromatic heterocycles. The summed E-state index contributed by atoms with van der Waals surface area (Å²) in [7, 11) is 0. The molecule has 1 fully saturated rings. The van der Waals surface area contributed by atoms with Gasteiger partial charge < -0.3 is 15.3 Å². The lowest BCUT2D eigenvalue weighted by Crippen LogP contribution is -2.49. The monoisotopic (exact) mass is 232 g/mol. The van der Waals surface area contributed by atoms with Crippen molar-refractivity contribution in [2.45, 2.75) is 18.4 Å². The van der Waals surface area contributed by atoms with Crippen LogP contribution in [-0.4, -0.2) is 28.6 Å². The highest BCUT2D eigenvalue weighted by Crippen LogP contribution is 2.55. The number of para-hydroxylation sites is 1. The van der Waals surface area contributed by atoms with E-state index in [2.05, 4.69) is 5.32 Å². The van der Waals surface area contributed by atoms with E-state index in [1.807, 2.05) is 24.3 Å². The maximum Gasteiger partial charge on any atom is 0.323 e. The number of carboxylic acids is 1. The highest BCUT2D eigenvalue weighted by Gasteiger charge is 2.55. The predicted molar refractivity (Wildman–Crippen MR) is 60.7 cm³/mol. The number of carbonyl (C=O) groups excluding carboxylic acids is 1. The molecule has 1 aromatic rings. The molecule has 1 aliphatic carbocycles. The minimum absolute atomic E-state index is 0.250. The number of aliphatic carboxylic acids is 1. The lowest BCUT2D eigenvalue weighted by molar-refractivity contribution is -0.138. The predicted octanol–water partition coefficient (Wildman–Crippen LogP) is 1.61. The third kappa shape index (κ3) is 1.39. The number of hydrogen-bond donors (Lipinski definition) is 2. The number of nitrogens with one attached hydrogen (secondary N) is 1. The Bertz CT molecular complexity index is 508. The first-order valence-corrected chi connectivity index (χ1v) is 5.53. The molecule has 0 radical (unpaired) electrons. The first kappa shape index (κ1) is 10.1. The SMILES string of the molecule is O=C(O)CN1C(=O)Nc2ccccc2C12CC2. The molecule has 0 saturated heterocycles. The maximum absolute atomic E-state index is 11.9. The fraction of sp³-hybridized carbons (Fsp3) is 0.333. The second-order valence-electron chi connectivity index (χ2n) is 4.49. The number of hydrogen-bond acceptors (Lipinski definition) is 2. The zero-order valence-corrected chi connectivity index (χ0v) is 9.14. The molecule has 0 unspecified atom stereocenters. The lowest BCUT2D eigenvalue weighted by atomic mass is 9.98. The van der Waals surface area contributed by atoms with E-state index in [0.717, 1.165) is 24.1 Å². The molecule has 2 aliphatic rings. The van der Waals surface area contributed by atoms with E-state index < -0.39 is 5.97 Å². The summed E-state index contributed by atoms with van der Waals surface area (Å²) in [5.74, 6) is -0.981. The molecule has 0 atom stereocenters. The van der Waals surface area contributed by atoms with Crippen molar-refractivity contribution >= 4 is 17.7 Å². The summed E-state index contributed by atoms with van der Waals surface area (Å²) in [5.41, 5.74) is 1.45. The molecule has 1 spiro atoms. The molecule has 1 aromatic carbocycles. The Morgan fingerprint density at radius 3 is 2.76 bits per heavy atom. The number of amides is 2. The molecule has 1 aliphatic heterocycles. The van der Waals surface area contributed by atoms with Crippen LogP contribution in [0.5, 0.6) is 0 Å². The maximum atomic E-state index is 11.9. The molecule has 1 saturated carbocycles. The van der Waals surface area contributed by atoms with Crippen LogP contribution in [0.1, 0.15) is 18.4 Å². The van der Waals surface area contributed by atoms with Gasteiger partial charge in [0.05, 0.1) is 5.54 Å². The second kappa shape index (κ2) is 3.23. The number of benzene rings is 1. The van der Waals surface area contributed by atoms with Gasteiger partial charge in [0, 0.05) is 11.3 Å². The van der Waals surface area contributed by atoms with Gasteiger partial charge in [-0.25, -0.2) is 4.79 Å². The highest BCUT2D eigenvalue weighted by molar-refractivity contribution is 5.96. The molecule has 0 bridgehead atoms. The first-order valence-electron chi connectivity index (χ1n) is 5.53. The Hall–Kier alpha value is -2.04. The van der Waals surface area contributed by atoms with Gasteiger partial charge in [-0.05, 0) is 18.9 Å². The summed E-state index contributed by atoms with van der Waals surface area (Å²) >= 11 is 0. The van der Waals surface area contributed by atoms with E-state index in [0.29, 0.717) is 0 Å². The van der Waals surface area contributed by atoms with Gasteiger partial charge in [-0.2, -0.15) is 0 Å². The number of rotatable bonds is 2. The van der Waals surface area contributed by atoms with E-state index >= 15 is 0 Å². The largest absolute Gasteiger partial charge is 0.480 e. The van der Waals surface area contributed by atoms with Crippen LogP contribution in [0.25, 0.3) is 0 Å². The quantitative estimate of drug-likeness (QED) is 0.813. The van der Waals surface area contributed by atoms with E-state index in [-0.39, 0.29) is 18.1 Å². The van der Waals surface area contributed by atoms with Crippen LogP contribution in [0.4, 0.5) is 10.5 Å². The summed E-state index contributed by atoms with van der Waals surface area (Å²) < 4.78 is 0. The highest BCUT2D eigenvalue weighted by atomic mass is 16.4. The van der Waals surface area contributed by atoms with Gasteiger partial charge in [-0.15, -0.1) is 0 Å². The van der Waals surface area contributed by atoms with Gasteiger partial charge in [0.25, 0.3) is 0 Å². The summed E-state index contributed by atoms with van der Waals surface area (Å²) in [4.78, 5) is 24.1. The fourth-order valence-electron chi connectivity index (χ4n) is 2.54. The Morgan fingerprint density at radius 2 is 2.12 bits per heavy atom. The molecule has 2 N–H and O–H groups in total. The minimum atomic E-state index is -0.981. The van der Waals surface area contributed by atoms with E-state index in [4.69, 9.17) is 5.11 Å². The molecule has 1 heterocycles. The molecule has 3 rings (SSSR count). The van der Waals surface area contributed by atoms with Crippen LogP contribution in [0.15, 0.2) is 24.3 Å². The first-order chi connectivity index (χ1) is 8.13. The topological polar surface area (TPSA) is 69.6 Å². The molecule has 17 heavy (non-hydrogen) atoms. The third-order valence-electron chi connectivity index (χ3n) is 3.45. The van der Waals surface area contributed by atoms with Crippen molar-refractivity contribution in [1.82, 2.24) is 4.90 Å². The van der Waals surface area contributed by atoms with Gasteiger partial charge in [-0.3, -0.25) is 4.79 Å². The molecular formula is C12H12N2O3. The molecule has 5 heteroatoms. The van der Waals surface area contributed by atoms with E-state index in [9.17, 15) is 9.59 Å². The number of anilines is 1. The van der Waals surface area contributed by atoms with Gasteiger partial charge >= 0.3 is 12.0 Å². The molecule has 5 nitrogen and oxygen atoms in total. The number of urea groups is 1. The van der Waals surface area contributed by atoms with Crippen LogP contribution < -0.4 is 5.32 Å². The second-order valence-corrected chi connectivity index (χ2v) is 4.49. The average molecular weight is 232 g/mol. The Morgan fingerprint density at radius 1 is 1.41 bits per heavy atom. The molecular weight excluding hydrogens is 220 g/mol. The Labute approximate surface area is 98.0 Å². The summed E-state index contributed by atoms with van der Waals surface area (Å²) in [6.07, 6.45) is 1.68. The van der Waals surface area contributed by atoms with Crippen molar-refractivity contribution < 1.29 is 14.7 Å². The summed E-state index contributed by atoms with van der Waals surface area (Å²) in [5, 5.41) is 11.6. The molecule has 2 amide bonds. The number of fused-ring (bicyclic) bond motifs is 2. The summed E-state index contributed by atoms with van der Waals surface area (Å²) in [6.45, 7) is -0.250. The van der Waals surface area contributed by atoms with Gasteiger partial charge in [-0.1, -0.05) is 18.2 Å². The fourth-order valence-corrected chi connectivity index (χ4v) is 2.54. The average Bonchev–Trinajstić information content (AvgIpc) is 3.06. The van der Waals surface area contributed by atoms with E-state index in [1.165, 1.54) is 4.90 Å². The zero-order valence-electron chi connectivity index (χ0n) is 9.14. The van der Waals surface area contributed by atoms with Crippen LogP contribution in [0.3, 0.4) is 0 Å². The van der Waals surface area contributed by atoms with Crippen molar-refractivity contribution in [3.8, 4) is 0 Å². The van der Waals surface area contributed by atoms with Crippen LogP contribution in [0.2, 0.25) is 0 Å². The van der Waals surface area contributed by atoms with Crippen molar-refractivity contribution in [2.75, 3.05) is 11.9 Å². The minimum Gasteiger partial charge on any atom is -0.480 e. The Balaban J connectivity index is 2.05. The van der Waals surface area contributed by atoms with Crippen molar-refractivity contribution in [3.63, 3.8) is 0 Å². The zero-order chi connectivity index (χ0) is 12.0. The van der Waals surface area contributed by atoms with Crippen molar-refractivity contribution in [2.24, 2.45) is 0 Å². The summed E-state index contributed by atoms with van der Waals surface area (Å²) in [6, 6.07) is 7.27. The van der Waals surface area contributed by atoms with Crippen molar-refractivity contribution in [3.05, 3.63) is 29.8 Å². The molecule has 88 valence electrons. The number of nitrogens with zero attached hydrogens (tertiary/aromatic N) is 1. The number of carbonyl (C=O) groups is 2. The standard InChI is InChI=1S/C12H12N2O3/c15-10(16)7-14-11(17)13-9-4-2-1-3-8(9)12(14)5-6-12/h1-4H,5-7H2,(H,13,17)(H,15,16). The Kier molecular flexibility index (Phi) is 1.92. The van der Waals surface area contributed by atoms with Crippen LogP contribution >= 0.6 is 0 Å². The van der Waals surface area contributed by atoms with Gasteiger partial charge in [0.15, 0.2) is 0 Å². The normalized spacial score (nSPS) is 19.8. The van der Waals surface area contributed by atoms with Crippen molar-refractivity contribution in [1.29, 1.82) is 0 Å². The number of carboxylic acid groups (broad SMARTS) is 1. The lowest BCUT2D eigenvalue weighted by Gasteiger charge is -2.36. The third-order valence-corrected chi connectivity index (χ3v) is 3.45.